The molecule has 0 saturated heterocycles. The lowest BCUT2D eigenvalue weighted by molar-refractivity contribution is 0.800. The molecule has 3 rings (SSSR count). The second-order valence-corrected chi connectivity index (χ2v) is 6.25. The van der Waals surface area contributed by atoms with Gasteiger partial charge in [0.05, 0.1) is 17.2 Å². The molecule has 0 aliphatic heterocycles. The lowest BCUT2D eigenvalue weighted by Gasteiger charge is -2.06. The highest BCUT2D eigenvalue weighted by atomic mass is 32.1. The number of thiazole rings is 1. The van der Waals surface area contributed by atoms with E-state index in [4.69, 9.17) is 4.98 Å². The van der Waals surface area contributed by atoms with Crippen LogP contribution in [0.1, 0.15) is 29.6 Å². The van der Waals surface area contributed by atoms with Crippen LogP contribution in [-0.2, 0) is 19.5 Å². The van der Waals surface area contributed by atoms with Gasteiger partial charge >= 0.3 is 0 Å². The zero-order valence-electron chi connectivity index (χ0n) is 12.6. The molecule has 2 aromatic heterocycles. The van der Waals surface area contributed by atoms with E-state index < -0.39 is 0 Å². The van der Waals surface area contributed by atoms with E-state index in [1.165, 1.54) is 27.2 Å². The fourth-order valence-corrected chi connectivity index (χ4v) is 3.59. The average molecular weight is 299 g/mol. The average Bonchev–Trinajstić information content (AvgIpc) is 3.09. The molecule has 110 valence electrons. The van der Waals surface area contributed by atoms with E-state index in [1.54, 1.807) is 11.3 Å². The van der Waals surface area contributed by atoms with Gasteiger partial charge in [0.15, 0.2) is 0 Å². The number of hydrogen-bond donors (Lipinski definition) is 1. The Balaban J connectivity index is 1.88. The molecule has 1 N–H and O–H groups in total. The van der Waals surface area contributed by atoms with Crippen LogP contribution >= 0.6 is 11.3 Å². The molecule has 2 heterocycles. The molecule has 3 nitrogen and oxygen atoms in total. The maximum absolute atomic E-state index is 4.73. The maximum atomic E-state index is 4.73. The SMILES string of the molecule is CCCc1nc(Cn2ccc3c(CNC)cccc32)cs1. The van der Waals surface area contributed by atoms with Crippen LogP contribution in [0.5, 0.6) is 0 Å². The first-order chi connectivity index (χ1) is 10.3. The molecule has 21 heavy (non-hydrogen) atoms. The van der Waals surface area contributed by atoms with Gasteiger partial charge in [-0.2, -0.15) is 0 Å². The van der Waals surface area contributed by atoms with Gasteiger partial charge in [0.2, 0.25) is 0 Å². The lowest BCUT2D eigenvalue weighted by atomic mass is 10.1. The van der Waals surface area contributed by atoms with Crippen molar-refractivity contribution in [2.45, 2.75) is 32.9 Å². The van der Waals surface area contributed by atoms with Gasteiger partial charge in [-0.05, 0) is 37.6 Å². The van der Waals surface area contributed by atoms with Gasteiger partial charge in [-0.25, -0.2) is 4.98 Å². The standard InChI is InChI=1S/C17H21N3S/c1-3-5-17-19-14(12-21-17)11-20-9-8-15-13(10-18-2)6-4-7-16(15)20/h4,6-9,12,18H,3,5,10-11H2,1-2H3. The van der Waals surface area contributed by atoms with Crippen molar-refractivity contribution in [3.8, 4) is 0 Å². The van der Waals surface area contributed by atoms with Gasteiger partial charge in [0.1, 0.15) is 0 Å². The molecule has 0 radical (unpaired) electrons. The smallest absolute Gasteiger partial charge is 0.0928 e. The molecule has 4 heteroatoms. The van der Waals surface area contributed by atoms with Gasteiger partial charge in [0.25, 0.3) is 0 Å². The number of rotatable bonds is 6. The largest absolute Gasteiger partial charge is 0.341 e. The summed E-state index contributed by atoms with van der Waals surface area (Å²) in [5.74, 6) is 0. The van der Waals surface area contributed by atoms with Crippen LogP contribution in [-0.4, -0.2) is 16.6 Å². The Morgan fingerprint density at radius 3 is 3.00 bits per heavy atom. The van der Waals surface area contributed by atoms with Gasteiger partial charge < -0.3 is 9.88 Å². The van der Waals surface area contributed by atoms with Crippen LogP contribution in [0.4, 0.5) is 0 Å². The van der Waals surface area contributed by atoms with E-state index in [2.05, 4.69) is 52.7 Å². The third-order valence-electron chi connectivity index (χ3n) is 3.67. The molecule has 0 amide bonds. The molecule has 0 saturated carbocycles. The molecule has 0 aliphatic carbocycles. The van der Waals surface area contributed by atoms with Gasteiger partial charge in [-0.1, -0.05) is 19.1 Å². The molecule has 3 aromatic rings. The van der Waals surface area contributed by atoms with E-state index in [9.17, 15) is 0 Å². The minimum atomic E-state index is 0.854. The quantitative estimate of drug-likeness (QED) is 0.750. The predicted molar refractivity (Wildman–Crippen MR) is 89.9 cm³/mol. The Hall–Kier alpha value is -1.65. The number of fused-ring (bicyclic) bond motifs is 1. The first kappa shape index (κ1) is 14.3. The van der Waals surface area contributed by atoms with Gasteiger partial charge in [0, 0.05) is 29.0 Å². The summed E-state index contributed by atoms with van der Waals surface area (Å²) in [6.45, 7) is 3.95. The molecule has 0 unspecified atom stereocenters. The van der Waals surface area contributed by atoms with E-state index in [0.29, 0.717) is 0 Å². The summed E-state index contributed by atoms with van der Waals surface area (Å²) in [4.78, 5) is 4.73. The summed E-state index contributed by atoms with van der Waals surface area (Å²) in [6.07, 6.45) is 4.42. The predicted octanol–water partition coefficient (Wildman–Crippen LogP) is 3.82. The summed E-state index contributed by atoms with van der Waals surface area (Å²) in [6, 6.07) is 8.72. The highest BCUT2D eigenvalue weighted by Gasteiger charge is 2.07. The van der Waals surface area contributed by atoms with Crippen LogP contribution < -0.4 is 5.32 Å². The first-order valence-electron chi connectivity index (χ1n) is 7.46. The summed E-state index contributed by atoms with van der Waals surface area (Å²) >= 11 is 1.78. The number of hydrogen-bond acceptors (Lipinski definition) is 3. The topological polar surface area (TPSA) is 29.9 Å². The summed E-state index contributed by atoms with van der Waals surface area (Å²) in [5.41, 5.74) is 3.80. The summed E-state index contributed by atoms with van der Waals surface area (Å²) in [5, 5.41) is 8.00. The van der Waals surface area contributed by atoms with Crippen LogP contribution in [0, 0.1) is 0 Å². The second-order valence-electron chi connectivity index (χ2n) is 5.31. The third-order valence-corrected chi connectivity index (χ3v) is 4.62. The Morgan fingerprint density at radius 2 is 2.19 bits per heavy atom. The number of nitrogens with one attached hydrogen (secondary N) is 1. The van der Waals surface area contributed by atoms with Crippen LogP contribution in [0.15, 0.2) is 35.8 Å². The van der Waals surface area contributed by atoms with Crippen molar-refractivity contribution in [3.63, 3.8) is 0 Å². The van der Waals surface area contributed by atoms with Crippen molar-refractivity contribution in [1.29, 1.82) is 0 Å². The Bertz CT molecular complexity index is 727. The highest BCUT2D eigenvalue weighted by molar-refractivity contribution is 7.09. The number of benzene rings is 1. The molecule has 0 spiro atoms. The lowest BCUT2D eigenvalue weighted by Crippen LogP contribution is -2.05. The van der Waals surface area contributed by atoms with Crippen molar-refractivity contribution in [3.05, 3.63) is 52.1 Å². The molecule has 0 fully saturated rings. The zero-order valence-corrected chi connectivity index (χ0v) is 13.4. The van der Waals surface area contributed by atoms with Crippen LogP contribution in [0.3, 0.4) is 0 Å². The second kappa shape index (κ2) is 6.41. The Morgan fingerprint density at radius 1 is 1.29 bits per heavy atom. The molecule has 0 bridgehead atoms. The minimum absolute atomic E-state index is 0.854. The van der Waals surface area contributed by atoms with Crippen LogP contribution in [0.25, 0.3) is 10.9 Å². The monoisotopic (exact) mass is 299 g/mol. The Kier molecular flexibility index (Phi) is 4.36. The number of nitrogens with zero attached hydrogens (tertiary/aromatic N) is 2. The maximum Gasteiger partial charge on any atom is 0.0928 e. The van der Waals surface area contributed by atoms with Crippen molar-refractivity contribution in [2.75, 3.05) is 7.05 Å². The summed E-state index contributed by atoms with van der Waals surface area (Å²) in [7, 11) is 1.99. The summed E-state index contributed by atoms with van der Waals surface area (Å²) < 4.78 is 2.29. The van der Waals surface area contributed by atoms with Crippen molar-refractivity contribution in [1.82, 2.24) is 14.9 Å². The van der Waals surface area contributed by atoms with E-state index >= 15 is 0 Å². The molecule has 0 atom stereocenters. The van der Waals surface area contributed by atoms with Gasteiger partial charge in [-0.15, -0.1) is 11.3 Å². The van der Waals surface area contributed by atoms with Crippen LogP contribution in [0.2, 0.25) is 0 Å². The van der Waals surface area contributed by atoms with Crippen molar-refractivity contribution in [2.24, 2.45) is 0 Å². The molecular formula is C17H21N3S. The fraction of sp³-hybridized carbons (Fsp3) is 0.353. The molecule has 1 aromatic carbocycles. The van der Waals surface area contributed by atoms with Crippen molar-refractivity contribution >= 4 is 22.2 Å². The fourth-order valence-electron chi connectivity index (χ4n) is 2.69. The Labute approximate surface area is 129 Å². The first-order valence-corrected chi connectivity index (χ1v) is 8.34. The van der Waals surface area contributed by atoms with Crippen molar-refractivity contribution < 1.29 is 0 Å². The molecule has 0 aliphatic rings. The van der Waals surface area contributed by atoms with E-state index in [1.807, 2.05) is 7.05 Å². The zero-order chi connectivity index (χ0) is 14.7. The number of aryl methyl sites for hydroxylation is 1. The van der Waals surface area contributed by atoms with E-state index in [0.717, 1.165) is 25.9 Å². The van der Waals surface area contributed by atoms with E-state index in [-0.39, 0.29) is 0 Å². The highest BCUT2D eigenvalue weighted by Crippen LogP contribution is 2.22. The molecular weight excluding hydrogens is 278 g/mol. The van der Waals surface area contributed by atoms with Gasteiger partial charge in [-0.3, -0.25) is 0 Å². The normalized spacial score (nSPS) is 11.3. The minimum Gasteiger partial charge on any atom is -0.341 e. The number of aromatic nitrogens is 2. The third kappa shape index (κ3) is 3.01.